The van der Waals surface area contributed by atoms with Crippen molar-refractivity contribution in [2.75, 3.05) is 30.5 Å². The largest absolute Gasteiger partial charge is 0.507 e. The Labute approximate surface area is 203 Å². The molecular weight excluding hydrogens is 452 g/mol. The lowest BCUT2D eigenvalue weighted by Crippen LogP contribution is -2.29. The second-order valence-corrected chi connectivity index (χ2v) is 8.53. The van der Waals surface area contributed by atoms with E-state index in [-0.39, 0.29) is 11.3 Å². The smallest absolute Gasteiger partial charge is 0.300 e. The predicted molar refractivity (Wildman–Crippen MR) is 135 cm³/mol. The average molecular weight is 477 g/mol. The van der Waals surface area contributed by atoms with E-state index < -0.39 is 17.7 Å². The number of anilines is 2. The Morgan fingerprint density at radius 3 is 2.32 bits per heavy atom. The van der Waals surface area contributed by atoms with Gasteiger partial charge >= 0.3 is 0 Å². The third kappa shape index (κ3) is 4.37. The molecule has 0 aliphatic carbocycles. The maximum Gasteiger partial charge on any atom is 0.300 e. The number of amides is 1. The molecule has 6 nitrogen and oxygen atoms in total. The molecule has 1 aliphatic heterocycles. The fraction of sp³-hybridized carbons (Fsp3) is 0.185. The number of Topliss-reactive ketones (excluding diaryl/α,β-unsaturated/α-hetero) is 1. The van der Waals surface area contributed by atoms with Crippen molar-refractivity contribution >= 4 is 40.4 Å². The number of ether oxygens (including phenoxy) is 1. The molecule has 7 heteroatoms. The van der Waals surface area contributed by atoms with Crippen LogP contribution in [0.3, 0.4) is 0 Å². The highest BCUT2D eigenvalue weighted by atomic mass is 35.5. The van der Waals surface area contributed by atoms with Gasteiger partial charge in [-0.05, 0) is 61.0 Å². The molecule has 1 aliphatic rings. The lowest BCUT2D eigenvalue weighted by atomic mass is 9.95. The van der Waals surface area contributed by atoms with Gasteiger partial charge in [0.1, 0.15) is 11.5 Å². The van der Waals surface area contributed by atoms with Crippen LogP contribution in [0, 0.1) is 0 Å². The van der Waals surface area contributed by atoms with E-state index in [2.05, 4.69) is 0 Å². The van der Waals surface area contributed by atoms with Crippen LogP contribution in [0.1, 0.15) is 24.1 Å². The van der Waals surface area contributed by atoms with Crippen molar-refractivity contribution in [1.82, 2.24) is 0 Å². The molecule has 1 unspecified atom stereocenters. The first-order valence-corrected chi connectivity index (χ1v) is 11.3. The third-order valence-electron chi connectivity index (χ3n) is 5.69. The van der Waals surface area contributed by atoms with Crippen molar-refractivity contribution in [3.05, 3.63) is 94.5 Å². The Morgan fingerprint density at radius 1 is 1.03 bits per heavy atom. The van der Waals surface area contributed by atoms with Crippen molar-refractivity contribution in [2.24, 2.45) is 0 Å². The van der Waals surface area contributed by atoms with Gasteiger partial charge in [-0.15, -0.1) is 0 Å². The van der Waals surface area contributed by atoms with Gasteiger partial charge in [-0.1, -0.05) is 29.8 Å². The molecule has 1 fully saturated rings. The van der Waals surface area contributed by atoms with E-state index >= 15 is 0 Å². The normalized spacial score (nSPS) is 17.2. The molecule has 1 heterocycles. The SMILES string of the molecule is CCOc1cccc(N2C(=O)C(=O)/C(=C(/O)c3ccc(Cl)cc3)C2c2ccc(N(C)C)cc2)c1. The zero-order chi connectivity index (χ0) is 24.4. The number of carbonyl (C=O) groups excluding carboxylic acids is 2. The van der Waals surface area contributed by atoms with Gasteiger partial charge in [0.15, 0.2) is 0 Å². The first kappa shape index (κ1) is 23.4. The molecule has 0 saturated carbocycles. The van der Waals surface area contributed by atoms with Gasteiger partial charge in [0.05, 0.1) is 18.2 Å². The summed E-state index contributed by atoms with van der Waals surface area (Å²) in [6.45, 7) is 2.34. The predicted octanol–water partition coefficient (Wildman–Crippen LogP) is 5.43. The zero-order valence-electron chi connectivity index (χ0n) is 19.2. The van der Waals surface area contributed by atoms with Crippen LogP contribution in [0.25, 0.3) is 5.76 Å². The van der Waals surface area contributed by atoms with E-state index in [9.17, 15) is 14.7 Å². The van der Waals surface area contributed by atoms with Gasteiger partial charge in [-0.3, -0.25) is 14.5 Å². The fourth-order valence-corrected chi connectivity index (χ4v) is 4.15. The number of aliphatic hydroxyl groups is 1. The summed E-state index contributed by atoms with van der Waals surface area (Å²) < 4.78 is 5.60. The highest BCUT2D eigenvalue weighted by molar-refractivity contribution is 6.51. The Bertz CT molecular complexity index is 1250. The molecule has 1 atom stereocenters. The summed E-state index contributed by atoms with van der Waals surface area (Å²) in [5.41, 5.74) is 2.59. The molecule has 1 saturated heterocycles. The topological polar surface area (TPSA) is 70.1 Å². The van der Waals surface area contributed by atoms with Gasteiger partial charge in [0.25, 0.3) is 11.7 Å². The highest BCUT2D eigenvalue weighted by Crippen LogP contribution is 2.43. The van der Waals surface area contributed by atoms with Crippen LogP contribution in [-0.4, -0.2) is 37.5 Å². The quantitative estimate of drug-likeness (QED) is 0.292. The van der Waals surface area contributed by atoms with E-state index in [1.807, 2.05) is 50.2 Å². The van der Waals surface area contributed by atoms with Gasteiger partial charge in [-0.25, -0.2) is 0 Å². The molecule has 3 aromatic carbocycles. The molecule has 1 amide bonds. The number of nitrogens with zero attached hydrogens (tertiary/aromatic N) is 2. The van der Waals surface area contributed by atoms with Gasteiger partial charge in [0.2, 0.25) is 0 Å². The molecule has 0 spiro atoms. The van der Waals surface area contributed by atoms with Gasteiger partial charge < -0.3 is 14.7 Å². The third-order valence-corrected chi connectivity index (χ3v) is 5.95. The molecule has 34 heavy (non-hydrogen) atoms. The maximum absolute atomic E-state index is 13.3. The molecule has 3 aromatic rings. The number of halogens is 1. The Morgan fingerprint density at radius 2 is 1.71 bits per heavy atom. The summed E-state index contributed by atoms with van der Waals surface area (Å²) >= 11 is 5.99. The molecule has 174 valence electrons. The zero-order valence-corrected chi connectivity index (χ0v) is 19.9. The van der Waals surface area contributed by atoms with Crippen LogP contribution < -0.4 is 14.5 Å². The Balaban J connectivity index is 1.91. The number of aliphatic hydroxyl groups excluding tert-OH is 1. The molecule has 1 N–H and O–H groups in total. The van der Waals surface area contributed by atoms with Crippen molar-refractivity contribution in [3.63, 3.8) is 0 Å². The molecule has 0 radical (unpaired) electrons. The summed E-state index contributed by atoms with van der Waals surface area (Å²) in [7, 11) is 3.86. The monoisotopic (exact) mass is 476 g/mol. The summed E-state index contributed by atoms with van der Waals surface area (Å²) in [5.74, 6) is -1.14. The minimum Gasteiger partial charge on any atom is -0.507 e. The average Bonchev–Trinajstić information content (AvgIpc) is 3.10. The van der Waals surface area contributed by atoms with Crippen molar-refractivity contribution in [3.8, 4) is 5.75 Å². The van der Waals surface area contributed by atoms with Crippen LogP contribution in [-0.2, 0) is 9.59 Å². The van der Waals surface area contributed by atoms with E-state index in [1.165, 1.54) is 4.90 Å². The van der Waals surface area contributed by atoms with Gasteiger partial charge in [0, 0.05) is 42.1 Å². The number of hydrogen-bond acceptors (Lipinski definition) is 5. The van der Waals surface area contributed by atoms with Crippen LogP contribution in [0.4, 0.5) is 11.4 Å². The molecule has 0 aromatic heterocycles. The summed E-state index contributed by atoms with van der Waals surface area (Å²) in [4.78, 5) is 29.9. The van der Waals surface area contributed by atoms with E-state index in [1.54, 1.807) is 48.5 Å². The molecular formula is C27H25ClN2O4. The Kier molecular flexibility index (Phi) is 6.61. The van der Waals surface area contributed by atoms with Gasteiger partial charge in [-0.2, -0.15) is 0 Å². The lowest BCUT2D eigenvalue weighted by Gasteiger charge is -2.26. The van der Waals surface area contributed by atoms with E-state index in [0.717, 1.165) is 5.69 Å². The number of benzene rings is 3. The van der Waals surface area contributed by atoms with Crippen LogP contribution in [0.2, 0.25) is 5.02 Å². The van der Waals surface area contributed by atoms with E-state index in [0.29, 0.717) is 34.2 Å². The molecule has 0 bridgehead atoms. The minimum absolute atomic E-state index is 0.0201. The minimum atomic E-state index is -0.816. The summed E-state index contributed by atoms with van der Waals surface area (Å²) in [6.07, 6.45) is 0. The van der Waals surface area contributed by atoms with Crippen molar-refractivity contribution in [2.45, 2.75) is 13.0 Å². The second kappa shape index (κ2) is 9.61. The maximum atomic E-state index is 13.3. The highest BCUT2D eigenvalue weighted by Gasteiger charge is 2.47. The standard InChI is InChI=1S/C27H25ClN2O4/c1-4-34-22-7-5-6-21(16-22)30-24(17-10-14-20(15-11-17)29(2)3)23(26(32)27(30)33)25(31)18-8-12-19(28)13-9-18/h5-16,24,31H,4H2,1-3H3/b25-23+. The van der Waals surface area contributed by atoms with Crippen molar-refractivity contribution in [1.29, 1.82) is 0 Å². The first-order valence-electron chi connectivity index (χ1n) is 10.9. The summed E-state index contributed by atoms with van der Waals surface area (Å²) in [5, 5.41) is 11.7. The van der Waals surface area contributed by atoms with Crippen LogP contribution in [0.5, 0.6) is 5.75 Å². The second-order valence-electron chi connectivity index (χ2n) is 8.09. The number of carbonyl (C=O) groups is 2. The fourth-order valence-electron chi connectivity index (χ4n) is 4.02. The van der Waals surface area contributed by atoms with Crippen LogP contribution in [0.15, 0.2) is 78.4 Å². The number of ketones is 1. The van der Waals surface area contributed by atoms with E-state index in [4.69, 9.17) is 16.3 Å². The summed E-state index contributed by atoms with van der Waals surface area (Å²) in [6, 6.07) is 20.2. The lowest BCUT2D eigenvalue weighted by molar-refractivity contribution is -0.132. The number of rotatable bonds is 6. The van der Waals surface area contributed by atoms with Crippen molar-refractivity contribution < 1.29 is 19.4 Å². The molecule has 4 rings (SSSR count). The number of hydrogen-bond donors (Lipinski definition) is 1. The first-order chi connectivity index (χ1) is 16.3. The van der Waals surface area contributed by atoms with Crippen LogP contribution >= 0.6 is 11.6 Å². The Hall–Kier alpha value is -3.77.